The zero-order valence-electron chi connectivity index (χ0n) is 15.5. The van der Waals surface area contributed by atoms with Crippen LogP contribution < -0.4 is 34.6 Å². The second kappa shape index (κ2) is 13.8. The fourth-order valence-electron chi connectivity index (χ4n) is 3.31. The molecule has 1 fully saturated rings. The summed E-state index contributed by atoms with van der Waals surface area (Å²) in [5, 5.41) is 10.2. The van der Waals surface area contributed by atoms with Gasteiger partial charge in [0.05, 0.1) is 12.7 Å². The summed E-state index contributed by atoms with van der Waals surface area (Å²) in [6.07, 6.45) is 3.42. The molecule has 0 radical (unpaired) electrons. The average molecular weight is 393 g/mol. The maximum atomic E-state index is 10.2. The molecule has 4 nitrogen and oxygen atoms in total. The first-order chi connectivity index (χ1) is 11.2. The van der Waals surface area contributed by atoms with E-state index < -0.39 is 0 Å². The van der Waals surface area contributed by atoms with E-state index in [1.807, 2.05) is 0 Å². The molecule has 146 valence electrons. The second-order valence-corrected chi connectivity index (χ2v) is 6.86. The predicted molar refractivity (Wildman–Crippen MR) is 93.3 cm³/mol. The van der Waals surface area contributed by atoms with E-state index >= 15 is 0 Å². The summed E-state index contributed by atoms with van der Waals surface area (Å²) in [6, 6.07) is 10.7. The standard InChI is InChI=1S/C19H32N2O2.2ClH/c1-3-4-8-17(2)23-16-19(22)15-20-11-13-21(14-12-20)18-9-6-5-7-10-18;;/h5-7,9-10,17,19,22H,3-4,8,11-16H2,1-2H3;2*1H. The Hall–Kier alpha value is -0.360. The molecule has 6 heteroatoms. The van der Waals surface area contributed by atoms with Gasteiger partial charge in [-0.2, -0.15) is 0 Å². The van der Waals surface area contributed by atoms with Crippen LogP contribution in [-0.2, 0) is 4.74 Å². The van der Waals surface area contributed by atoms with E-state index in [9.17, 15) is 5.11 Å². The predicted octanol–water partition coefficient (Wildman–Crippen LogP) is -5.93. The highest BCUT2D eigenvalue weighted by atomic mass is 35.5. The van der Waals surface area contributed by atoms with E-state index in [4.69, 9.17) is 4.74 Å². The van der Waals surface area contributed by atoms with Gasteiger partial charge in [-0.15, -0.1) is 0 Å². The van der Waals surface area contributed by atoms with Crippen molar-refractivity contribution in [3.63, 3.8) is 0 Å². The molecule has 0 saturated carbocycles. The molecular weight excluding hydrogens is 359 g/mol. The van der Waals surface area contributed by atoms with Gasteiger partial charge in [-0.25, -0.2) is 0 Å². The monoisotopic (exact) mass is 392 g/mol. The molecule has 0 spiro atoms. The maximum absolute atomic E-state index is 10.2. The fraction of sp³-hybridized carbons (Fsp3) is 0.684. The lowest BCUT2D eigenvalue weighted by Crippen LogP contribution is -3.26. The molecule has 0 aromatic heterocycles. The second-order valence-electron chi connectivity index (χ2n) is 6.86. The molecule has 0 aliphatic carbocycles. The third kappa shape index (κ3) is 9.23. The number of aliphatic hydroxyl groups excluding tert-OH is 1. The van der Waals surface area contributed by atoms with E-state index in [-0.39, 0.29) is 37.0 Å². The van der Waals surface area contributed by atoms with E-state index in [2.05, 4.69) is 44.2 Å². The molecule has 2 rings (SSSR count). The van der Waals surface area contributed by atoms with Crippen LogP contribution >= 0.6 is 0 Å². The normalized spacial score (nSPS) is 22.4. The van der Waals surface area contributed by atoms with Crippen LogP contribution in [0.1, 0.15) is 33.1 Å². The van der Waals surface area contributed by atoms with Gasteiger partial charge in [0, 0.05) is 0 Å². The quantitative estimate of drug-likeness (QED) is 0.391. The molecule has 1 saturated heterocycles. The molecule has 25 heavy (non-hydrogen) atoms. The number of rotatable bonds is 9. The number of ether oxygens (including phenoxy) is 1. The summed E-state index contributed by atoms with van der Waals surface area (Å²) in [5.74, 6) is 0. The zero-order chi connectivity index (χ0) is 16.5. The average Bonchev–Trinajstić information content (AvgIpc) is 2.59. The molecule has 1 aromatic rings. The smallest absolute Gasteiger partial charge is 0.132 e. The van der Waals surface area contributed by atoms with Crippen molar-refractivity contribution in [2.75, 3.05) is 39.3 Å². The zero-order valence-corrected chi connectivity index (χ0v) is 17.0. The number of hydrogen-bond donors (Lipinski definition) is 3. The minimum absolute atomic E-state index is 0. The minimum atomic E-state index is -0.340. The van der Waals surface area contributed by atoms with Gasteiger partial charge in [-0.3, -0.25) is 4.90 Å². The van der Waals surface area contributed by atoms with Gasteiger partial charge >= 0.3 is 0 Å². The third-order valence-electron chi connectivity index (χ3n) is 4.80. The van der Waals surface area contributed by atoms with Crippen molar-refractivity contribution in [2.45, 2.75) is 45.3 Å². The van der Waals surface area contributed by atoms with Crippen molar-refractivity contribution in [3.8, 4) is 0 Å². The number of halogens is 2. The van der Waals surface area contributed by atoms with Gasteiger partial charge in [0.2, 0.25) is 0 Å². The number of quaternary nitrogens is 2. The van der Waals surface area contributed by atoms with Gasteiger partial charge in [-0.05, 0) is 25.5 Å². The van der Waals surface area contributed by atoms with E-state index in [0.717, 1.165) is 39.1 Å². The molecular formula is C19H34Cl2N2O2. The Morgan fingerprint density at radius 1 is 1.08 bits per heavy atom. The van der Waals surface area contributed by atoms with Crippen LogP contribution in [0.25, 0.3) is 0 Å². The van der Waals surface area contributed by atoms with E-state index in [0.29, 0.717) is 6.61 Å². The topological polar surface area (TPSA) is 38.3 Å². The first-order valence-electron chi connectivity index (χ1n) is 9.22. The number of benzene rings is 1. The van der Waals surface area contributed by atoms with Crippen molar-refractivity contribution >= 4 is 5.69 Å². The first-order valence-corrected chi connectivity index (χ1v) is 9.22. The minimum Gasteiger partial charge on any atom is -1.00 e. The number of piperazine rings is 1. The molecule has 3 N–H and O–H groups in total. The molecule has 1 aliphatic rings. The molecule has 1 aromatic carbocycles. The van der Waals surface area contributed by atoms with Crippen molar-refractivity contribution in [1.82, 2.24) is 0 Å². The Kier molecular flexibility index (Phi) is 13.6. The Balaban J connectivity index is 0.00000288. The summed E-state index contributed by atoms with van der Waals surface area (Å²) in [4.78, 5) is 3.07. The Morgan fingerprint density at radius 2 is 1.72 bits per heavy atom. The summed E-state index contributed by atoms with van der Waals surface area (Å²) in [5.41, 5.74) is 1.39. The van der Waals surface area contributed by atoms with E-state index in [1.165, 1.54) is 23.4 Å². The van der Waals surface area contributed by atoms with Crippen LogP contribution in [0.5, 0.6) is 0 Å². The van der Waals surface area contributed by atoms with E-state index in [1.54, 1.807) is 4.90 Å². The summed E-state index contributed by atoms with van der Waals surface area (Å²) in [6.45, 7) is 10.1. The Labute approximate surface area is 165 Å². The molecule has 2 atom stereocenters. The lowest BCUT2D eigenvalue weighted by Gasteiger charge is -2.30. The number of nitrogens with one attached hydrogen (secondary N) is 2. The summed E-state index contributed by atoms with van der Waals surface area (Å²) >= 11 is 0. The Morgan fingerprint density at radius 3 is 2.32 bits per heavy atom. The lowest BCUT2D eigenvalue weighted by atomic mass is 10.2. The SMILES string of the molecule is CCCCC(C)OCC(O)C[NH+]1CC[NH+](c2ccccc2)CC1.[Cl-].[Cl-]. The van der Waals surface area contributed by atoms with Crippen LogP contribution in [0.3, 0.4) is 0 Å². The van der Waals surface area contributed by atoms with Crippen molar-refractivity contribution in [2.24, 2.45) is 0 Å². The van der Waals surface area contributed by atoms with Crippen molar-refractivity contribution in [3.05, 3.63) is 30.3 Å². The van der Waals surface area contributed by atoms with Crippen LogP contribution in [0.4, 0.5) is 5.69 Å². The Bertz CT molecular complexity index is 429. The largest absolute Gasteiger partial charge is 1.00 e. The molecule has 0 bridgehead atoms. The van der Waals surface area contributed by atoms with Crippen LogP contribution in [0.15, 0.2) is 30.3 Å². The highest BCUT2D eigenvalue weighted by molar-refractivity contribution is 5.27. The number of para-hydroxylation sites is 1. The van der Waals surface area contributed by atoms with Crippen molar-refractivity contribution in [1.29, 1.82) is 0 Å². The van der Waals surface area contributed by atoms with Gasteiger partial charge in [-0.1, -0.05) is 38.0 Å². The lowest BCUT2D eigenvalue weighted by molar-refractivity contribution is -0.988. The van der Waals surface area contributed by atoms with Crippen molar-refractivity contribution < 1.29 is 44.5 Å². The molecule has 1 heterocycles. The van der Waals surface area contributed by atoms with Gasteiger partial charge < -0.3 is 39.6 Å². The van der Waals surface area contributed by atoms with Gasteiger partial charge in [0.1, 0.15) is 44.5 Å². The highest BCUT2D eigenvalue weighted by Crippen LogP contribution is 2.04. The van der Waals surface area contributed by atoms with Gasteiger partial charge in [0.15, 0.2) is 0 Å². The molecule has 0 amide bonds. The van der Waals surface area contributed by atoms with Crippen LogP contribution in [0.2, 0.25) is 0 Å². The third-order valence-corrected chi connectivity index (χ3v) is 4.80. The summed E-state index contributed by atoms with van der Waals surface area (Å²) in [7, 11) is 0. The van der Waals surface area contributed by atoms with Crippen LogP contribution in [-0.4, -0.2) is 56.6 Å². The number of hydrogen-bond acceptors (Lipinski definition) is 2. The fourth-order valence-corrected chi connectivity index (χ4v) is 3.31. The molecule has 2 unspecified atom stereocenters. The maximum Gasteiger partial charge on any atom is 0.132 e. The first kappa shape index (κ1) is 24.6. The number of unbranched alkanes of at least 4 members (excludes halogenated alkanes) is 1. The summed E-state index contributed by atoms with van der Waals surface area (Å²) < 4.78 is 5.77. The van der Waals surface area contributed by atoms with Gasteiger partial charge in [0.25, 0.3) is 0 Å². The highest BCUT2D eigenvalue weighted by Gasteiger charge is 2.26. The van der Waals surface area contributed by atoms with Crippen LogP contribution in [0, 0.1) is 0 Å². The molecule has 1 aliphatic heterocycles. The number of aliphatic hydroxyl groups is 1.